The average molecular weight is 739 g/mol. The zero-order valence-corrected chi connectivity index (χ0v) is 32.5. The average Bonchev–Trinajstić information content (AvgIpc) is 3.99. The molecule has 0 aliphatic carbocycles. The maximum atomic E-state index is 6.68. The van der Waals surface area contributed by atoms with Crippen LogP contribution in [-0.2, 0) is 0 Å². The lowest BCUT2D eigenvalue weighted by molar-refractivity contribution is 0.666. The van der Waals surface area contributed by atoms with Crippen molar-refractivity contribution in [3.63, 3.8) is 0 Å². The summed E-state index contributed by atoms with van der Waals surface area (Å²) in [4.78, 5) is 0. The number of hydrogen-bond acceptors (Lipinski definition) is 2. The van der Waals surface area contributed by atoms with Gasteiger partial charge in [0.05, 0.1) is 41.5 Å². The molecule has 4 nitrogen and oxygen atoms in total. The first kappa shape index (κ1) is 32.6. The van der Waals surface area contributed by atoms with E-state index < -0.39 is 8.07 Å². The minimum absolute atomic E-state index is 0.927. The Labute approximate surface area is 324 Å². The molecule has 5 heteroatoms. The molecule has 0 fully saturated rings. The van der Waals surface area contributed by atoms with Crippen molar-refractivity contribution < 1.29 is 8.83 Å². The standard InChI is InChI=1S/C27H23NOSi.C24H15NO/c1-30(2,3)25-17-9-13-21-20-12-8-16-24(26(20)29-27(21)25)28-22-14-6-4-10-18(22)19-11-5-7-15-23(19)28;1-4-12-20-16(8-1)17-9-2-5-13-21(17)25(20)22-14-7-11-19-18-10-3-6-15-23(18)26-24(19)22/h4-17H,1-3H3;1-15H. The van der Waals surface area contributed by atoms with Gasteiger partial charge in [0.25, 0.3) is 0 Å². The van der Waals surface area contributed by atoms with Crippen LogP contribution < -0.4 is 5.19 Å². The summed E-state index contributed by atoms with van der Waals surface area (Å²) in [5.74, 6) is 0. The first-order valence-electron chi connectivity index (χ1n) is 19.3. The molecule has 0 spiro atoms. The maximum Gasteiger partial charge on any atom is 0.159 e. The fraction of sp³-hybridized carbons (Fsp3) is 0.0588. The number of furan rings is 2. The number of fused-ring (bicyclic) bond motifs is 12. The third kappa shape index (κ3) is 4.84. The van der Waals surface area contributed by atoms with E-state index in [9.17, 15) is 0 Å². The summed E-state index contributed by atoms with van der Waals surface area (Å²) in [6.45, 7) is 7.13. The van der Waals surface area contributed by atoms with Gasteiger partial charge in [-0.3, -0.25) is 0 Å². The number of benzene rings is 8. The number of hydrogen-bond donors (Lipinski definition) is 0. The fourth-order valence-corrected chi connectivity index (χ4v) is 10.3. The van der Waals surface area contributed by atoms with Crippen LogP contribution in [0, 0.1) is 0 Å². The van der Waals surface area contributed by atoms with E-state index >= 15 is 0 Å². The van der Waals surface area contributed by atoms with Crippen LogP contribution in [0.5, 0.6) is 0 Å². The van der Waals surface area contributed by atoms with Gasteiger partial charge in [-0.15, -0.1) is 0 Å². The molecule has 268 valence electrons. The van der Waals surface area contributed by atoms with Crippen LogP contribution in [0.4, 0.5) is 0 Å². The Balaban J connectivity index is 0.000000131. The maximum absolute atomic E-state index is 6.68. The van der Waals surface area contributed by atoms with Crippen molar-refractivity contribution in [1.82, 2.24) is 9.13 Å². The molecule has 0 unspecified atom stereocenters. The van der Waals surface area contributed by atoms with Gasteiger partial charge in [0.15, 0.2) is 11.2 Å². The van der Waals surface area contributed by atoms with Crippen molar-refractivity contribution >= 4 is 101 Å². The molecule has 0 aliphatic heterocycles. The van der Waals surface area contributed by atoms with Crippen molar-refractivity contribution in [3.8, 4) is 11.4 Å². The van der Waals surface area contributed by atoms with Crippen LogP contribution >= 0.6 is 0 Å². The van der Waals surface area contributed by atoms with Crippen molar-refractivity contribution in [1.29, 1.82) is 0 Å². The van der Waals surface area contributed by atoms with Gasteiger partial charge in [0, 0.05) is 43.1 Å². The van der Waals surface area contributed by atoms with E-state index in [-0.39, 0.29) is 0 Å². The molecule has 4 aromatic heterocycles. The van der Waals surface area contributed by atoms with Gasteiger partial charge in [-0.2, -0.15) is 0 Å². The van der Waals surface area contributed by atoms with Crippen molar-refractivity contribution in [2.75, 3.05) is 0 Å². The first-order chi connectivity index (χ1) is 27.5. The molecular formula is C51H38N2O2Si. The van der Waals surface area contributed by atoms with E-state index in [1.807, 2.05) is 12.1 Å². The fourth-order valence-electron chi connectivity index (χ4n) is 8.84. The van der Waals surface area contributed by atoms with Crippen molar-refractivity contribution in [2.45, 2.75) is 19.6 Å². The Morgan fingerprint density at radius 3 is 1.16 bits per heavy atom. The van der Waals surface area contributed by atoms with Gasteiger partial charge < -0.3 is 18.0 Å². The normalized spacial score (nSPS) is 12.2. The summed E-state index contributed by atoms with van der Waals surface area (Å²) in [6, 6.07) is 62.1. The lowest BCUT2D eigenvalue weighted by Gasteiger charge is -2.16. The second kappa shape index (κ2) is 12.4. The summed E-state index contributed by atoms with van der Waals surface area (Å²) in [6.07, 6.45) is 0. The van der Waals surface area contributed by atoms with E-state index in [1.54, 1.807) is 0 Å². The Morgan fingerprint density at radius 1 is 0.321 bits per heavy atom. The van der Waals surface area contributed by atoms with E-state index in [4.69, 9.17) is 8.83 Å². The third-order valence-electron chi connectivity index (χ3n) is 11.3. The molecule has 8 aromatic carbocycles. The molecule has 0 saturated heterocycles. The van der Waals surface area contributed by atoms with Crippen LogP contribution in [0.15, 0.2) is 185 Å². The monoisotopic (exact) mass is 738 g/mol. The highest BCUT2D eigenvalue weighted by molar-refractivity contribution is 6.90. The first-order valence-corrected chi connectivity index (χ1v) is 22.8. The quantitative estimate of drug-likeness (QED) is 0.169. The summed E-state index contributed by atoms with van der Waals surface area (Å²) in [5.41, 5.74) is 10.9. The summed E-state index contributed by atoms with van der Waals surface area (Å²) in [5, 5.41) is 11.1. The Hall–Kier alpha value is -6.82. The zero-order valence-electron chi connectivity index (χ0n) is 31.5. The number of aromatic nitrogens is 2. The van der Waals surface area contributed by atoms with Crippen molar-refractivity contribution in [3.05, 3.63) is 176 Å². The molecule has 0 bridgehead atoms. The van der Waals surface area contributed by atoms with Gasteiger partial charge in [0.1, 0.15) is 11.2 Å². The number of para-hydroxylation sites is 8. The molecule has 0 atom stereocenters. The lowest BCUT2D eigenvalue weighted by Crippen LogP contribution is -2.37. The molecule has 12 aromatic rings. The molecule has 56 heavy (non-hydrogen) atoms. The Kier molecular flexibility index (Phi) is 7.19. The van der Waals surface area contributed by atoms with Crippen LogP contribution in [-0.4, -0.2) is 17.2 Å². The lowest BCUT2D eigenvalue weighted by atomic mass is 10.1. The molecule has 0 amide bonds. The second-order valence-electron chi connectivity index (χ2n) is 15.7. The van der Waals surface area contributed by atoms with Gasteiger partial charge in [-0.25, -0.2) is 0 Å². The predicted molar refractivity (Wildman–Crippen MR) is 239 cm³/mol. The molecule has 0 saturated carbocycles. The minimum Gasteiger partial charge on any atom is -0.454 e. The van der Waals surface area contributed by atoms with Gasteiger partial charge >= 0.3 is 0 Å². The van der Waals surface area contributed by atoms with E-state index in [1.165, 1.54) is 59.6 Å². The second-order valence-corrected chi connectivity index (χ2v) is 20.7. The van der Waals surface area contributed by atoms with E-state index in [0.29, 0.717) is 0 Å². The van der Waals surface area contributed by atoms with Crippen LogP contribution in [0.1, 0.15) is 0 Å². The molecule has 4 heterocycles. The molecule has 12 rings (SSSR count). The summed E-state index contributed by atoms with van der Waals surface area (Å²) in [7, 11) is -1.53. The highest BCUT2D eigenvalue weighted by Crippen LogP contribution is 2.39. The largest absolute Gasteiger partial charge is 0.454 e. The minimum atomic E-state index is -1.53. The third-order valence-corrected chi connectivity index (χ3v) is 13.3. The molecular weight excluding hydrogens is 701 g/mol. The smallest absolute Gasteiger partial charge is 0.159 e. The highest BCUT2D eigenvalue weighted by atomic mass is 28.3. The van der Waals surface area contributed by atoms with E-state index in [0.717, 1.165) is 44.5 Å². The van der Waals surface area contributed by atoms with Gasteiger partial charge in [0.2, 0.25) is 0 Å². The Bertz CT molecular complexity index is 3370. The van der Waals surface area contributed by atoms with Crippen LogP contribution in [0.3, 0.4) is 0 Å². The topological polar surface area (TPSA) is 36.1 Å². The zero-order chi connectivity index (χ0) is 37.5. The molecule has 0 radical (unpaired) electrons. The number of rotatable bonds is 3. The van der Waals surface area contributed by atoms with E-state index in [2.05, 4.69) is 193 Å². The number of nitrogens with zero attached hydrogens (tertiary/aromatic N) is 2. The Morgan fingerprint density at radius 2 is 0.679 bits per heavy atom. The SMILES string of the molecule is C[Si](C)(C)c1cccc2c1oc1c(-n3c4ccccc4c4ccccc43)cccc12.c1ccc2c(c1)oc1c(-n3c4ccccc4c4ccccc43)cccc12. The summed E-state index contributed by atoms with van der Waals surface area (Å²) >= 11 is 0. The van der Waals surface area contributed by atoms with Crippen LogP contribution in [0.25, 0.3) is 98.9 Å². The van der Waals surface area contributed by atoms with Gasteiger partial charge in [-0.05, 0) is 47.7 Å². The highest BCUT2D eigenvalue weighted by Gasteiger charge is 2.24. The summed E-state index contributed by atoms with van der Waals surface area (Å²) < 4.78 is 17.6. The predicted octanol–water partition coefficient (Wildman–Crippen LogP) is 13.9. The van der Waals surface area contributed by atoms with Gasteiger partial charge in [-0.1, -0.05) is 153 Å². The molecule has 0 N–H and O–H groups in total. The van der Waals surface area contributed by atoms with Crippen molar-refractivity contribution in [2.24, 2.45) is 0 Å². The van der Waals surface area contributed by atoms with Crippen LogP contribution in [0.2, 0.25) is 19.6 Å². The molecule has 0 aliphatic rings.